The number of amides is 1. The number of aryl methyl sites for hydroxylation is 1. The molecule has 0 spiro atoms. The van der Waals surface area contributed by atoms with Crippen LogP contribution in [0.5, 0.6) is 0 Å². The van der Waals surface area contributed by atoms with Crippen molar-refractivity contribution in [2.24, 2.45) is 0 Å². The van der Waals surface area contributed by atoms with Gasteiger partial charge in [0.15, 0.2) is 0 Å². The van der Waals surface area contributed by atoms with E-state index in [1.54, 1.807) is 11.1 Å². The summed E-state index contributed by atoms with van der Waals surface area (Å²) in [7, 11) is 0. The van der Waals surface area contributed by atoms with E-state index in [0.717, 1.165) is 17.5 Å². The summed E-state index contributed by atoms with van der Waals surface area (Å²) in [4.78, 5) is 18.0. The van der Waals surface area contributed by atoms with Crippen LogP contribution in [-0.4, -0.2) is 39.8 Å². The molecule has 0 saturated carbocycles. The monoisotopic (exact) mass is 304 g/mol. The highest BCUT2D eigenvalue weighted by atomic mass is 16.6. The lowest BCUT2D eigenvalue weighted by atomic mass is 9.97. The van der Waals surface area contributed by atoms with Gasteiger partial charge in [0.2, 0.25) is 0 Å². The van der Waals surface area contributed by atoms with Gasteiger partial charge in [-0.1, -0.05) is 6.08 Å². The Hall–Kier alpha value is -1.88. The predicted octanol–water partition coefficient (Wildman–Crippen LogP) is 2.91. The van der Waals surface area contributed by atoms with Crippen molar-refractivity contribution < 1.29 is 14.6 Å². The molecule has 0 unspecified atom stereocenters. The lowest BCUT2D eigenvalue weighted by Crippen LogP contribution is -2.39. The maximum absolute atomic E-state index is 12.0. The fourth-order valence-corrected chi connectivity index (χ4v) is 2.44. The van der Waals surface area contributed by atoms with Crippen molar-refractivity contribution >= 4 is 11.7 Å². The minimum absolute atomic E-state index is 0.0490. The van der Waals surface area contributed by atoms with Crippen LogP contribution in [0.15, 0.2) is 18.3 Å². The summed E-state index contributed by atoms with van der Waals surface area (Å²) in [5.41, 5.74) is 3.57. The highest BCUT2D eigenvalue weighted by Crippen LogP contribution is 2.25. The second-order valence-electron chi connectivity index (χ2n) is 6.55. The Morgan fingerprint density at radius 1 is 1.45 bits per heavy atom. The van der Waals surface area contributed by atoms with Gasteiger partial charge in [-0.2, -0.15) is 0 Å². The zero-order chi connectivity index (χ0) is 16.3. The molecule has 22 heavy (non-hydrogen) atoms. The quantitative estimate of drug-likeness (QED) is 0.912. The number of aliphatic hydroxyl groups excluding tert-OH is 1. The molecule has 1 aliphatic heterocycles. The number of rotatable bonds is 2. The Labute approximate surface area is 131 Å². The molecule has 1 N–H and O–H groups in total. The number of ether oxygens (including phenoxy) is 1. The average molecular weight is 304 g/mol. The molecule has 0 radical (unpaired) electrons. The fraction of sp³-hybridized carbons (Fsp3) is 0.529. The van der Waals surface area contributed by atoms with Gasteiger partial charge in [0.25, 0.3) is 0 Å². The Morgan fingerprint density at radius 2 is 2.18 bits per heavy atom. The molecule has 0 saturated heterocycles. The van der Waals surface area contributed by atoms with E-state index >= 15 is 0 Å². The van der Waals surface area contributed by atoms with Crippen molar-refractivity contribution in [2.45, 2.75) is 46.3 Å². The zero-order valence-electron chi connectivity index (χ0n) is 13.7. The number of aromatic nitrogens is 1. The number of hydrogen-bond acceptors (Lipinski definition) is 4. The molecule has 5 nitrogen and oxygen atoms in total. The molecule has 1 amide bonds. The molecule has 5 heteroatoms. The van der Waals surface area contributed by atoms with Gasteiger partial charge in [0.1, 0.15) is 5.60 Å². The second kappa shape index (κ2) is 6.48. The van der Waals surface area contributed by atoms with E-state index in [2.05, 4.69) is 11.1 Å². The molecule has 0 fully saturated rings. The summed E-state index contributed by atoms with van der Waals surface area (Å²) in [5, 5.41) is 9.12. The van der Waals surface area contributed by atoms with Crippen molar-refractivity contribution in [2.75, 3.05) is 13.1 Å². The number of nitrogens with zero attached hydrogens (tertiary/aromatic N) is 2. The van der Waals surface area contributed by atoms with E-state index in [-0.39, 0.29) is 12.7 Å². The van der Waals surface area contributed by atoms with Gasteiger partial charge in [-0.3, -0.25) is 4.98 Å². The minimum Gasteiger partial charge on any atom is -0.444 e. The van der Waals surface area contributed by atoms with Crippen molar-refractivity contribution in [3.8, 4) is 0 Å². The first-order valence-electron chi connectivity index (χ1n) is 7.54. The standard InChI is InChI=1S/C17H24N2O3/c1-12-9-14(11-20)18-10-15(12)13-5-7-19(8-6-13)16(21)22-17(2,3)4/h5,9-10,20H,6-8,11H2,1-4H3. The second-order valence-corrected chi connectivity index (χ2v) is 6.55. The van der Waals surface area contributed by atoms with Crippen LogP contribution in [0.4, 0.5) is 4.79 Å². The number of carbonyl (C=O) groups is 1. The van der Waals surface area contributed by atoms with Crippen LogP contribution in [0.1, 0.15) is 44.0 Å². The Morgan fingerprint density at radius 3 is 2.68 bits per heavy atom. The molecule has 2 rings (SSSR count). The summed E-state index contributed by atoms with van der Waals surface area (Å²) in [6.45, 7) is 8.76. The van der Waals surface area contributed by atoms with Crippen LogP contribution in [0.3, 0.4) is 0 Å². The number of aliphatic hydroxyl groups is 1. The zero-order valence-corrected chi connectivity index (χ0v) is 13.7. The molecular formula is C17H24N2O3. The highest BCUT2D eigenvalue weighted by molar-refractivity contribution is 5.73. The molecule has 1 aliphatic rings. The SMILES string of the molecule is Cc1cc(CO)ncc1C1=CCN(C(=O)OC(C)(C)C)CC1. The van der Waals surface area contributed by atoms with Crippen LogP contribution in [0, 0.1) is 6.92 Å². The first kappa shape index (κ1) is 16.5. The van der Waals surface area contributed by atoms with Gasteiger partial charge in [-0.15, -0.1) is 0 Å². The van der Waals surface area contributed by atoms with Gasteiger partial charge in [-0.25, -0.2) is 4.79 Å². The van der Waals surface area contributed by atoms with E-state index in [0.29, 0.717) is 18.8 Å². The highest BCUT2D eigenvalue weighted by Gasteiger charge is 2.24. The summed E-state index contributed by atoms with van der Waals surface area (Å²) < 4.78 is 5.39. The lowest BCUT2D eigenvalue weighted by Gasteiger charge is -2.29. The van der Waals surface area contributed by atoms with Gasteiger partial charge >= 0.3 is 6.09 Å². The Kier molecular flexibility index (Phi) is 4.86. The fourth-order valence-electron chi connectivity index (χ4n) is 2.44. The van der Waals surface area contributed by atoms with Crippen molar-refractivity contribution in [3.63, 3.8) is 0 Å². The maximum atomic E-state index is 12.0. The number of pyridine rings is 1. The van der Waals surface area contributed by atoms with Crippen molar-refractivity contribution in [1.29, 1.82) is 0 Å². The van der Waals surface area contributed by atoms with E-state index in [1.165, 1.54) is 5.57 Å². The topological polar surface area (TPSA) is 62.7 Å². The summed E-state index contributed by atoms with van der Waals surface area (Å²) in [6, 6.07) is 1.90. The molecule has 1 aromatic rings. The minimum atomic E-state index is -0.471. The van der Waals surface area contributed by atoms with E-state index < -0.39 is 5.60 Å². The maximum Gasteiger partial charge on any atom is 0.410 e. The lowest BCUT2D eigenvalue weighted by molar-refractivity contribution is 0.0270. The first-order chi connectivity index (χ1) is 10.3. The molecular weight excluding hydrogens is 280 g/mol. The third kappa shape index (κ3) is 4.07. The van der Waals surface area contributed by atoms with Crippen LogP contribution < -0.4 is 0 Å². The average Bonchev–Trinajstić information content (AvgIpc) is 2.45. The van der Waals surface area contributed by atoms with Gasteiger partial charge in [0, 0.05) is 19.3 Å². The Bertz CT molecular complexity index is 588. The summed E-state index contributed by atoms with van der Waals surface area (Å²) in [6.07, 6.45) is 4.36. The largest absolute Gasteiger partial charge is 0.444 e. The summed E-state index contributed by atoms with van der Waals surface area (Å²) >= 11 is 0. The van der Waals surface area contributed by atoms with Crippen molar-refractivity contribution in [1.82, 2.24) is 9.88 Å². The van der Waals surface area contributed by atoms with E-state index in [1.807, 2.05) is 33.8 Å². The van der Waals surface area contributed by atoms with Crippen LogP contribution in [0.25, 0.3) is 5.57 Å². The molecule has 0 aromatic carbocycles. The van der Waals surface area contributed by atoms with E-state index in [4.69, 9.17) is 9.84 Å². The third-order valence-electron chi connectivity index (χ3n) is 3.54. The summed E-state index contributed by atoms with van der Waals surface area (Å²) in [5.74, 6) is 0. The molecule has 1 aromatic heterocycles. The number of hydrogen-bond donors (Lipinski definition) is 1. The van der Waals surface area contributed by atoms with Gasteiger partial charge in [-0.05, 0) is 56.9 Å². The molecule has 0 atom stereocenters. The normalized spacial score (nSPS) is 15.5. The van der Waals surface area contributed by atoms with Crippen LogP contribution in [-0.2, 0) is 11.3 Å². The third-order valence-corrected chi connectivity index (χ3v) is 3.54. The van der Waals surface area contributed by atoms with Crippen molar-refractivity contribution in [3.05, 3.63) is 35.2 Å². The van der Waals surface area contributed by atoms with E-state index in [9.17, 15) is 4.79 Å². The predicted molar refractivity (Wildman–Crippen MR) is 85.3 cm³/mol. The number of carbonyl (C=O) groups excluding carboxylic acids is 1. The molecule has 0 aliphatic carbocycles. The Balaban J connectivity index is 2.07. The molecule has 120 valence electrons. The van der Waals surface area contributed by atoms with Crippen LogP contribution >= 0.6 is 0 Å². The molecule has 2 heterocycles. The van der Waals surface area contributed by atoms with Crippen LogP contribution in [0.2, 0.25) is 0 Å². The first-order valence-corrected chi connectivity index (χ1v) is 7.54. The van der Waals surface area contributed by atoms with Gasteiger partial charge < -0.3 is 14.7 Å². The van der Waals surface area contributed by atoms with Gasteiger partial charge in [0.05, 0.1) is 12.3 Å². The molecule has 0 bridgehead atoms. The smallest absolute Gasteiger partial charge is 0.410 e.